The summed E-state index contributed by atoms with van der Waals surface area (Å²) in [5.41, 5.74) is 3.91. The fourth-order valence-corrected chi connectivity index (χ4v) is 2.37. The minimum Gasteiger partial charge on any atom is -0.380 e. The van der Waals surface area contributed by atoms with E-state index in [-0.39, 0.29) is 11.8 Å². The number of amides is 2. The Bertz CT molecular complexity index is 707. The number of carbonyl (C=O) groups excluding carboxylic acids is 2. The number of benzene rings is 2. The smallest absolute Gasteiger partial charge is 0.261 e. The molecule has 20 heavy (non-hydrogen) atoms. The van der Waals surface area contributed by atoms with Gasteiger partial charge in [0, 0.05) is 12.2 Å². The molecule has 4 nitrogen and oxygen atoms in total. The third kappa shape index (κ3) is 2.05. The zero-order chi connectivity index (χ0) is 14.1. The second kappa shape index (κ2) is 4.81. The Balaban J connectivity index is 1.88. The van der Waals surface area contributed by atoms with Crippen LogP contribution in [0.4, 0.5) is 5.69 Å². The first-order valence-corrected chi connectivity index (χ1v) is 6.44. The molecule has 2 aromatic rings. The van der Waals surface area contributed by atoms with Gasteiger partial charge < -0.3 is 5.32 Å². The van der Waals surface area contributed by atoms with Crippen LogP contribution in [0.25, 0.3) is 0 Å². The van der Waals surface area contributed by atoms with Crippen LogP contribution in [0.15, 0.2) is 42.5 Å². The molecular weight excluding hydrogens is 252 g/mol. The van der Waals surface area contributed by atoms with E-state index in [0.717, 1.165) is 5.56 Å². The van der Waals surface area contributed by atoms with Crippen LogP contribution < -0.4 is 10.6 Å². The van der Waals surface area contributed by atoms with Crippen molar-refractivity contribution in [1.29, 1.82) is 0 Å². The Hall–Kier alpha value is -2.62. The van der Waals surface area contributed by atoms with Crippen LogP contribution in [0, 0.1) is 6.92 Å². The van der Waals surface area contributed by atoms with Gasteiger partial charge in [-0.15, -0.1) is 0 Å². The van der Waals surface area contributed by atoms with Gasteiger partial charge in [0.05, 0.1) is 11.1 Å². The van der Waals surface area contributed by atoms with Gasteiger partial charge in [-0.05, 0) is 30.2 Å². The molecule has 0 unspecified atom stereocenters. The van der Waals surface area contributed by atoms with Crippen LogP contribution in [0.1, 0.15) is 31.8 Å². The monoisotopic (exact) mass is 266 g/mol. The molecule has 4 heteroatoms. The second-order valence-electron chi connectivity index (χ2n) is 4.79. The third-order valence-corrected chi connectivity index (χ3v) is 3.49. The molecule has 0 saturated carbocycles. The summed E-state index contributed by atoms with van der Waals surface area (Å²) in [4.78, 5) is 23.4. The predicted molar refractivity (Wildman–Crippen MR) is 76.7 cm³/mol. The lowest BCUT2D eigenvalue weighted by Gasteiger charge is -2.11. The maximum absolute atomic E-state index is 11.8. The van der Waals surface area contributed by atoms with Gasteiger partial charge in [-0.2, -0.15) is 0 Å². The summed E-state index contributed by atoms with van der Waals surface area (Å²) >= 11 is 0. The molecule has 2 amide bonds. The molecular formula is C16H14N2O2. The van der Waals surface area contributed by atoms with Gasteiger partial charge in [0.1, 0.15) is 0 Å². The maximum atomic E-state index is 11.8. The van der Waals surface area contributed by atoms with Gasteiger partial charge in [-0.25, -0.2) is 0 Å². The lowest BCUT2D eigenvalue weighted by molar-refractivity contribution is 0.0880. The van der Waals surface area contributed by atoms with Crippen molar-refractivity contribution < 1.29 is 9.59 Å². The largest absolute Gasteiger partial charge is 0.380 e. The van der Waals surface area contributed by atoms with Crippen LogP contribution in [0.3, 0.4) is 0 Å². The molecule has 100 valence electrons. The number of carbonyl (C=O) groups is 2. The van der Waals surface area contributed by atoms with Gasteiger partial charge in [-0.3, -0.25) is 14.9 Å². The first-order valence-electron chi connectivity index (χ1n) is 6.44. The average Bonchev–Trinajstić information content (AvgIpc) is 2.74. The third-order valence-electron chi connectivity index (χ3n) is 3.49. The highest BCUT2D eigenvalue weighted by Crippen LogP contribution is 2.25. The summed E-state index contributed by atoms with van der Waals surface area (Å²) in [5.74, 6) is -0.664. The van der Waals surface area contributed by atoms with E-state index in [9.17, 15) is 9.59 Å². The van der Waals surface area contributed by atoms with E-state index in [2.05, 4.69) is 10.6 Å². The van der Waals surface area contributed by atoms with E-state index in [0.29, 0.717) is 23.4 Å². The number of imide groups is 1. The molecule has 0 radical (unpaired) electrons. The minimum atomic E-state index is -0.335. The Kier molecular flexibility index (Phi) is 2.99. The van der Waals surface area contributed by atoms with Crippen molar-refractivity contribution in [2.45, 2.75) is 13.5 Å². The van der Waals surface area contributed by atoms with Gasteiger partial charge in [0.2, 0.25) is 0 Å². The topological polar surface area (TPSA) is 58.2 Å². The summed E-state index contributed by atoms with van der Waals surface area (Å²) in [7, 11) is 0. The first-order chi connectivity index (χ1) is 9.66. The molecule has 2 N–H and O–H groups in total. The van der Waals surface area contributed by atoms with E-state index in [4.69, 9.17) is 0 Å². The quantitative estimate of drug-likeness (QED) is 0.839. The van der Waals surface area contributed by atoms with Crippen LogP contribution in [-0.4, -0.2) is 11.8 Å². The molecule has 0 aliphatic carbocycles. The number of aryl methyl sites for hydroxylation is 1. The predicted octanol–water partition coefficient (Wildman–Crippen LogP) is 2.49. The highest BCUT2D eigenvalue weighted by atomic mass is 16.2. The normalized spacial score (nSPS) is 13.1. The van der Waals surface area contributed by atoms with Gasteiger partial charge >= 0.3 is 0 Å². The summed E-state index contributed by atoms with van der Waals surface area (Å²) in [6.07, 6.45) is 0. The molecule has 1 aliphatic heterocycles. The molecule has 0 spiro atoms. The van der Waals surface area contributed by atoms with E-state index < -0.39 is 0 Å². The summed E-state index contributed by atoms with van der Waals surface area (Å²) in [5, 5.41) is 5.55. The number of hydrogen-bond acceptors (Lipinski definition) is 3. The number of rotatable bonds is 3. The lowest BCUT2D eigenvalue weighted by Crippen LogP contribution is -2.20. The van der Waals surface area contributed by atoms with Crippen LogP contribution in [0.5, 0.6) is 0 Å². The first kappa shape index (κ1) is 12.4. The van der Waals surface area contributed by atoms with E-state index >= 15 is 0 Å². The number of hydrogen-bond donors (Lipinski definition) is 2. The highest BCUT2D eigenvalue weighted by Gasteiger charge is 2.29. The average molecular weight is 266 g/mol. The summed E-state index contributed by atoms with van der Waals surface area (Å²) < 4.78 is 0. The van der Waals surface area contributed by atoms with Crippen molar-refractivity contribution in [3.63, 3.8) is 0 Å². The molecule has 0 bridgehead atoms. The SMILES string of the molecule is Cc1ccccc1CNc1cccc2c1C(=O)NC2=O. The van der Waals surface area contributed by atoms with E-state index in [1.54, 1.807) is 12.1 Å². The van der Waals surface area contributed by atoms with Crippen molar-refractivity contribution in [1.82, 2.24) is 5.32 Å². The molecule has 0 atom stereocenters. The Morgan fingerprint density at radius 2 is 1.80 bits per heavy atom. The standard InChI is InChI=1S/C16H14N2O2/c1-10-5-2-3-6-11(10)9-17-13-8-4-7-12-14(13)16(20)18-15(12)19/h2-8,17H,9H2,1H3,(H,18,19,20). The summed E-state index contributed by atoms with van der Waals surface area (Å²) in [6, 6.07) is 13.3. The second-order valence-corrected chi connectivity index (χ2v) is 4.79. The van der Waals surface area contributed by atoms with Crippen LogP contribution in [-0.2, 0) is 6.54 Å². The zero-order valence-corrected chi connectivity index (χ0v) is 11.1. The van der Waals surface area contributed by atoms with Crippen molar-refractivity contribution in [2.24, 2.45) is 0 Å². The number of anilines is 1. The Morgan fingerprint density at radius 1 is 1.00 bits per heavy atom. The molecule has 0 fully saturated rings. The van der Waals surface area contributed by atoms with Crippen LogP contribution >= 0.6 is 0 Å². The Morgan fingerprint density at radius 3 is 2.60 bits per heavy atom. The molecule has 3 rings (SSSR count). The van der Waals surface area contributed by atoms with Crippen LogP contribution in [0.2, 0.25) is 0 Å². The minimum absolute atomic E-state index is 0.329. The number of fused-ring (bicyclic) bond motifs is 1. The molecule has 0 aromatic heterocycles. The molecule has 0 saturated heterocycles. The molecule has 1 aliphatic rings. The summed E-state index contributed by atoms with van der Waals surface area (Å²) in [6.45, 7) is 2.66. The van der Waals surface area contributed by atoms with Gasteiger partial charge in [-0.1, -0.05) is 30.3 Å². The van der Waals surface area contributed by atoms with Gasteiger partial charge in [0.25, 0.3) is 11.8 Å². The molecule has 1 heterocycles. The van der Waals surface area contributed by atoms with Crippen molar-refractivity contribution >= 4 is 17.5 Å². The highest BCUT2D eigenvalue weighted by molar-refractivity contribution is 6.23. The lowest BCUT2D eigenvalue weighted by atomic mass is 10.1. The Labute approximate surface area is 116 Å². The van der Waals surface area contributed by atoms with E-state index in [1.165, 1.54) is 5.56 Å². The van der Waals surface area contributed by atoms with Crippen molar-refractivity contribution in [2.75, 3.05) is 5.32 Å². The van der Waals surface area contributed by atoms with Crippen molar-refractivity contribution in [3.8, 4) is 0 Å². The number of nitrogens with one attached hydrogen (secondary N) is 2. The maximum Gasteiger partial charge on any atom is 0.261 e. The van der Waals surface area contributed by atoms with Crippen molar-refractivity contribution in [3.05, 3.63) is 64.7 Å². The zero-order valence-electron chi connectivity index (χ0n) is 11.1. The fourth-order valence-electron chi connectivity index (χ4n) is 2.37. The van der Waals surface area contributed by atoms with E-state index in [1.807, 2.05) is 37.3 Å². The van der Waals surface area contributed by atoms with Gasteiger partial charge in [0.15, 0.2) is 0 Å². The molecule has 2 aromatic carbocycles. The fraction of sp³-hybridized carbons (Fsp3) is 0.125.